The summed E-state index contributed by atoms with van der Waals surface area (Å²) in [6.45, 7) is 8.29. The number of rotatable bonds is 4. The molecule has 1 atom stereocenters. The molecule has 1 aromatic rings. The minimum atomic E-state index is -1.01. The standard InChI is InChI=1S/C12H20N2O2/c1-5-7-14-8-6-13-11(14)9(15)10(16)12(2,3)4/h6,8,10,16H,5,7H2,1-4H3. The van der Waals surface area contributed by atoms with Crippen molar-refractivity contribution in [3.63, 3.8) is 0 Å². The van der Waals surface area contributed by atoms with Crippen molar-refractivity contribution in [1.29, 1.82) is 0 Å². The van der Waals surface area contributed by atoms with Crippen molar-refractivity contribution < 1.29 is 9.90 Å². The van der Waals surface area contributed by atoms with Crippen LogP contribution in [-0.4, -0.2) is 26.5 Å². The molecule has 1 N–H and O–H groups in total. The Kier molecular flexibility index (Phi) is 3.86. The molecule has 0 saturated heterocycles. The van der Waals surface area contributed by atoms with Gasteiger partial charge in [-0.25, -0.2) is 4.98 Å². The topological polar surface area (TPSA) is 55.1 Å². The molecule has 1 aromatic heterocycles. The summed E-state index contributed by atoms with van der Waals surface area (Å²) in [4.78, 5) is 16.0. The van der Waals surface area contributed by atoms with Gasteiger partial charge in [0.25, 0.3) is 0 Å². The molecule has 90 valence electrons. The van der Waals surface area contributed by atoms with Crippen LogP contribution in [0, 0.1) is 5.41 Å². The lowest BCUT2D eigenvalue weighted by molar-refractivity contribution is 0.0428. The zero-order valence-corrected chi connectivity index (χ0v) is 10.4. The number of aromatic nitrogens is 2. The number of ketones is 1. The van der Waals surface area contributed by atoms with Crippen LogP contribution < -0.4 is 0 Å². The monoisotopic (exact) mass is 224 g/mol. The normalized spacial score (nSPS) is 13.8. The Morgan fingerprint density at radius 3 is 2.69 bits per heavy atom. The second-order valence-corrected chi connectivity index (χ2v) is 5.08. The van der Waals surface area contributed by atoms with Gasteiger partial charge in [-0.2, -0.15) is 0 Å². The summed E-state index contributed by atoms with van der Waals surface area (Å²) in [6, 6.07) is 0. The van der Waals surface area contributed by atoms with Crippen molar-refractivity contribution in [2.24, 2.45) is 5.41 Å². The van der Waals surface area contributed by atoms with Gasteiger partial charge in [-0.3, -0.25) is 4.79 Å². The fourth-order valence-corrected chi connectivity index (χ4v) is 1.47. The van der Waals surface area contributed by atoms with Gasteiger partial charge in [-0.05, 0) is 11.8 Å². The second kappa shape index (κ2) is 4.78. The van der Waals surface area contributed by atoms with Gasteiger partial charge >= 0.3 is 0 Å². The van der Waals surface area contributed by atoms with Crippen LogP contribution in [0.2, 0.25) is 0 Å². The Labute approximate surface area is 96.3 Å². The minimum Gasteiger partial charge on any atom is -0.384 e. The van der Waals surface area contributed by atoms with Gasteiger partial charge < -0.3 is 9.67 Å². The van der Waals surface area contributed by atoms with E-state index >= 15 is 0 Å². The Balaban J connectivity index is 2.92. The maximum atomic E-state index is 12.0. The van der Waals surface area contributed by atoms with E-state index in [9.17, 15) is 9.90 Å². The number of imidazole rings is 1. The molecule has 0 aliphatic rings. The van der Waals surface area contributed by atoms with Gasteiger partial charge in [0.15, 0.2) is 5.82 Å². The van der Waals surface area contributed by atoms with Gasteiger partial charge in [0.05, 0.1) is 0 Å². The number of aliphatic hydroxyl groups excluding tert-OH is 1. The first-order chi connectivity index (χ1) is 7.38. The van der Waals surface area contributed by atoms with E-state index in [2.05, 4.69) is 4.98 Å². The molecule has 1 heterocycles. The minimum absolute atomic E-state index is 0.300. The molecule has 4 heteroatoms. The van der Waals surface area contributed by atoms with Crippen molar-refractivity contribution in [3.05, 3.63) is 18.2 Å². The first-order valence-corrected chi connectivity index (χ1v) is 5.61. The lowest BCUT2D eigenvalue weighted by Crippen LogP contribution is -2.35. The van der Waals surface area contributed by atoms with E-state index in [4.69, 9.17) is 0 Å². The lowest BCUT2D eigenvalue weighted by Gasteiger charge is -2.24. The Morgan fingerprint density at radius 2 is 2.19 bits per heavy atom. The molecule has 0 saturated carbocycles. The Morgan fingerprint density at radius 1 is 1.56 bits per heavy atom. The maximum absolute atomic E-state index is 12.0. The van der Waals surface area contributed by atoms with Crippen molar-refractivity contribution in [2.75, 3.05) is 0 Å². The quantitative estimate of drug-likeness (QED) is 0.794. The van der Waals surface area contributed by atoms with E-state index in [1.165, 1.54) is 0 Å². The molecule has 1 rings (SSSR count). The summed E-state index contributed by atoms with van der Waals surface area (Å²) in [7, 11) is 0. The summed E-state index contributed by atoms with van der Waals surface area (Å²) in [5, 5.41) is 9.92. The van der Waals surface area contributed by atoms with Crippen molar-refractivity contribution in [2.45, 2.75) is 46.8 Å². The van der Waals surface area contributed by atoms with Crippen LogP contribution in [0.1, 0.15) is 44.7 Å². The van der Waals surface area contributed by atoms with E-state index in [0.29, 0.717) is 5.82 Å². The number of hydrogen-bond acceptors (Lipinski definition) is 3. The fourth-order valence-electron chi connectivity index (χ4n) is 1.47. The molecule has 4 nitrogen and oxygen atoms in total. The smallest absolute Gasteiger partial charge is 0.227 e. The zero-order chi connectivity index (χ0) is 12.3. The first kappa shape index (κ1) is 12.9. The summed E-state index contributed by atoms with van der Waals surface area (Å²) >= 11 is 0. The summed E-state index contributed by atoms with van der Waals surface area (Å²) in [5.74, 6) is 0.0511. The van der Waals surface area contributed by atoms with Gasteiger partial charge in [0.1, 0.15) is 6.10 Å². The highest BCUT2D eigenvalue weighted by Crippen LogP contribution is 2.22. The molecule has 0 aromatic carbocycles. The van der Waals surface area contributed by atoms with E-state index in [1.807, 2.05) is 27.7 Å². The lowest BCUT2D eigenvalue weighted by atomic mass is 9.86. The number of Topliss-reactive ketones (excluding diaryl/α,β-unsaturated/α-hetero) is 1. The fraction of sp³-hybridized carbons (Fsp3) is 0.667. The molecule has 0 aliphatic carbocycles. The van der Waals surface area contributed by atoms with E-state index in [0.717, 1.165) is 13.0 Å². The van der Waals surface area contributed by atoms with Crippen LogP contribution >= 0.6 is 0 Å². The highest BCUT2D eigenvalue weighted by molar-refractivity contribution is 5.96. The number of aliphatic hydroxyl groups is 1. The Bertz CT molecular complexity index is 363. The average Bonchev–Trinajstić information content (AvgIpc) is 2.63. The average molecular weight is 224 g/mol. The van der Waals surface area contributed by atoms with Gasteiger partial charge in [-0.15, -0.1) is 0 Å². The second-order valence-electron chi connectivity index (χ2n) is 5.08. The van der Waals surface area contributed by atoms with E-state index < -0.39 is 11.5 Å². The van der Waals surface area contributed by atoms with Gasteiger partial charge in [-0.1, -0.05) is 27.7 Å². The van der Waals surface area contributed by atoms with Gasteiger partial charge in [0, 0.05) is 18.9 Å². The molecule has 0 spiro atoms. The predicted octanol–water partition coefficient (Wildman–Crippen LogP) is 1.88. The van der Waals surface area contributed by atoms with Crippen LogP contribution in [-0.2, 0) is 6.54 Å². The van der Waals surface area contributed by atoms with Crippen LogP contribution in [0.3, 0.4) is 0 Å². The number of carbonyl (C=O) groups is 1. The van der Waals surface area contributed by atoms with Crippen molar-refractivity contribution >= 4 is 5.78 Å². The van der Waals surface area contributed by atoms with Crippen LogP contribution in [0.15, 0.2) is 12.4 Å². The third kappa shape index (κ3) is 2.70. The molecule has 0 amide bonds. The third-order valence-corrected chi connectivity index (χ3v) is 2.47. The van der Waals surface area contributed by atoms with Gasteiger partial charge in [0.2, 0.25) is 5.78 Å². The molecule has 16 heavy (non-hydrogen) atoms. The van der Waals surface area contributed by atoms with Crippen LogP contribution in [0.25, 0.3) is 0 Å². The molecule has 1 unspecified atom stereocenters. The van der Waals surface area contributed by atoms with Crippen LogP contribution in [0.4, 0.5) is 0 Å². The number of nitrogens with zero attached hydrogens (tertiary/aromatic N) is 2. The number of aryl methyl sites for hydroxylation is 1. The number of carbonyl (C=O) groups excluding carboxylic acids is 1. The first-order valence-electron chi connectivity index (χ1n) is 5.61. The van der Waals surface area contributed by atoms with Crippen LogP contribution in [0.5, 0.6) is 0 Å². The molecule has 0 bridgehead atoms. The highest BCUT2D eigenvalue weighted by Gasteiger charge is 2.31. The molecular formula is C12H20N2O2. The molecular weight excluding hydrogens is 204 g/mol. The van der Waals surface area contributed by atoms with E-state index in [-0.39, 0.29) is 5.78 Å². The zero-order valence-electron chi connectivity index (χ0n) is 10.4. The predicted molar refractivity (Wildman–Crippen MR) is 62.3 cm³/mol. The Hall–Kier alpha value is -1.16. The summed E-state index contributed by atoms with van der Waals surface area (Å²) < 4.78 is 1.79. The number of hydrogen-bond donors (Lipinski definition) is 1. The maximum Gasteiger partial charge on any atom is 0.227 e. The summed E-state index contributed by atoms with van der Waals surface area (Å²) in [5.41, 5.74) is -0.458. The molecule has 0 aliphatic heterocycles. The van der Waals surface area contributed by atoms with Crippen molar-refractivity contribution in [3.8, 4) is 0 Å². The third-order valence-electron chi connectivity index (χ3n) is 2.47. The SMILES string of the molecule is CCCn1ccnc1C(=O)C(O)C(C)(C)C. The molecule has 0 radical (unpaired) electrons. The molecule has 0 fully saturated rings. The van der Waals surface area contributed by atoms with Crippen molar-refractivity contribution in [1.82, 2.24) is 9.55 Å². The summed E-state index contributed by atoms with van der Waals surface area (Å²) in [6.07, 6.45) is 3.29. The van der Waals surface area contributed by atoms with E-state index in [1.54, 1.807) is 17.0 Å². The highest BCUT2D eigenvalue weighted by atomic mass is 16.3. The largest absolute Gasteiger partial charge is 0.384 e.